The monoisotopic (exact) mass is 355 g/mol. The molecular formula is C16H16Cl2FN3O. The van der Waals surface area contributed by atoms with E-state index in [4.69, 9.17) is 23.2 Å². The van der Waals surface area contributed by atoms with Gasteiger partial charge in [0.1, 0.15) is 11.6 Å². The normalized spacial score (nSPS) is 15.6. The number of benzene rings is 1. The van der Waals surface area contributed by atoms with Gasteiger partial charge in [-0.2, -0.15) is 5.10 Å². The third kappa shape index (κ3) is 3.51. The van der Waals surface area contributed by atoms with Crippen LogP contribution in [0.1, 0.15) is 48.5 Å². The molecule has 2 aromatic rings. The molecule has 1 aliphatic rings. The largest absolute Gasteiger partial charge is 0.307 e. The second kappa shape index (κ2) is 6.89. The van der Waals surface area contributed by atoms with E-state index in [2.05, 4.69) is 10.4 Å². The number of anilines is 1. The number of rotatable bonds is 3. The van der Waals surface area contributed by atoms with Crippen LogP contribution in [0, 0.1) is 5.82 Å². The summed E-state index contributed by atoms with van der Waals surface area (Å²) in [6.07, 6.45) is 7.29. The van der Waals surface area contributed by atoms with Gasteiger partial charge in [0.25, 0.3) is 5.91 Å². The van der Waals surface area contributed by atoms with Crippen molar-refractivity contribution in [2.24, 2.45) is 0 Å². The zero-order valence-electron chi connectivity index (χ0n) is 12.4. The van der Waals surface area contributed by atoms with Gasteiger partial charge in [0, 0.05) is 6.07 Å². The van der Waals surface area contributed by atoms with E-state index >= 15 is 0 Å². The molecule has 0 unspecified atom stereocenters. The molecule has 0 atom stereocenters. The first-order valence-corrected chi connectivity index (χ1v) is 8.31. The van der Waals surface area contributed by atoms with Crippen LogP contribution in [0.15, 0.2) is 24.4 Å². The fourth-order valence-electron chi connectivity index (χ4n) is 2.91. The van der Waals surface area contributed by atoms with Crippen LogP contribution in [0.2, 0.25) is 10.0 Å². The van der Waals surface area contributed by atoms with Gasteiger partial charge in [0.15, 0.2) is 0 Å². The number of carbonyl (C=O) groups excluding carboxylic acids is 1. The molecule has 1 amide bonds. The molecule has 1 saturated carbocycles. The Labute approximate surface area is 143 Å². The Bertz CT molecular complexity index is 726. The lowest BCUT2D eigenvalue weighted by Crippen LogP contribution is -2.20. The van der Waals surface area contributed by atoms with Crippen molar-refractivity contribution >= 4 is 34.9 Å². The van der Waals surface area contributed by atoms with Gasteiger partial charge >= 0.3 is 0 Å². The lowest BCUT2D eigenvalue weighted by molar-refractivity contribution is 0.102. The molecular weight excluding hydrogens is 340 g/mol. The highest BCUT2D eigenvalue weighted by molar-refractivity contribution is 6.37. The molecule has 1 aromatic carbocycles. The Morgan fingerprint density at radius 1 is 1.22 bits per heavy atom. The van der Waals surface area contributed by atoms with Crippen LogP contribution >= 0.6 is 23.2 Å². The second-order valence-electron chi connectivity index (χ2n) is 5.65. The second-order valence-corrected chi connectivity index (χ2v) is 6.47. The van der Waals surface area contributed by atoms with Gasteiger partial charge in [-0.05, 0) is 25.0 Å². The zero-order valence-corrected chi connectivity index (χ0v) is 13.9. The first kappa shape index (κ1) is 16.3. The zero-order chi connectivity index (χ0) is 16.4. The van der Waals surface area contributed by atoms with E-state index in [0.29, 0.717) is 5.82 Å². The highest BCUT2D eigenvalue weighted by atomic mass is 35.5. The number of aromatic nitrogens is 2. The Hall–Kier alpha value is -1.59. The maximum Gasteiger partial charge on any atom is 0.258 e. The third-order valence-corrected chi connectivity index (χ3v) is 4.69. The maximum absolute atomic E-state index is 13.6. The van der Waals surface area contributed by atoms with Crippen LogP contribution in [-0.4, -0.2) is 15.7 Å². The van der Waals surface area contributed by atoms with Gasteiger partial charge in [0.05, 0.1) is 27.8 Å². The van der Waals surface area contributed by atoms with Crippen LogP contribution in [0.5, 0.6) is 0 Å². The molecule has 1 aromatic heterocycles. The summed E-state index contributed by atoms with van der Waals surface area (Å²) in [6.45, 7) is 0. The Morgan fingerprint density at radius 3 is 2.70 bits per heavy atom. The van der Waals surface area contributed by atoms with Crippen molar-refractivity contribution in [3.8, 4) is 0 Å². The summed E-state index contributed by atoms with van der Waals surface area (Å²) in [5.74, 6) is -0.571. The van der Waals surface area contributed by atoms with Crippen LogP contribution in [0.25, 0.3) is 0 Å². The Kier molecular flexibility index (Phi) is 4.87. The molecule has 0 aliphatic heterocycles. The van der Waals surface area contributed by atoms with Crippen LogP contribution < -0.4 is 5.32 Å². The fraction of sp³-hybridized carbons (Fsp3) is 0.375. The number of carbonyl (C=O) groups is 1. The minimum atomic E-state index is -0.679. The molecule has 7 heteroatoms. The lowest BCUT2D eigenvalue weighted by Gasteiger charge is -2.24. The number of hydrogen-bond acceptors (Lipinski definition) is 2. The van der Waals surface area contributed by atoms with E-state index in [0.717, 1.165) is 31.7 Å². The van der Waals surface area contributed by atoms with E-state index in [-0.39, 0.29) is 21.7 Å². The van der Waals surface area contributed by atoms with Crippen molar-refractivity contribution in [1.29, 1.82) is 0 Å². The van der Waals surface area contributed by atoms with Gasteiger partial charge in [-0.1, -0.05) is 42.5 Å². The van der Waals surface area contributed by atoms with E-state index in [1.165, 1.54) is 12.5 Å². The summed E-state index contributed by atoms with van der Waals surface area (Å²) in [5, 5.41) is 7.07. The van der Waals surface area contributed by atoms with E-state index in [1.54, 1.807) is 12.3 Å². The number of hydrogen-bond donors (Lipinski definition) is 1. The first-order valence-electron chi connectivity index (χ1n) is 7.55. The molecule has 0 saturated heterocycles. The average Bonchev–Trinajstić information content (AvgIpc) is 2.99. The summed E-state index contributed by atoms with van der Waals surface area (Å²) in [7, 11) is 0. The maximum atomic E-state index is 13.6. The molecule has 1 N–H and O–H groups in total. The van der Waals surface area contributed by atoms with Gasteiger partial charge in [-0.15, -0.1) is 0 Å². The Balaban J connectivity index is 1.81. The van der Waals surface area contributed by atoms with Crippen LogP contribution in [0.4, 0.5) is 10.2 Å². The van der Waals surface area contributed by atoms with Crippen LogP contribution in [-0.2, 0) is 0 Å². The third-order valence-electron chi connectivity index (χ3n) is 4.09. The molecule has 0 spiro atoms. The molecule has 1 fully saturated rings. The molecule has 4 nitrogen and oxygen atoms in total. The topological polar surface area (TPSA) is 46.9 Å². The number of halogens is 3. The number of nitrogens with one attached hydrogen (secondary N) is 1. The van der Waals surface area contributed by atoms with Crippen molar-refractivity contribution in [2.75, 3.05) is 5.32 Å². The molecule has 3 rings (SSSR count). The van der Waals surface area contributed by atoms with Crippen molar-refractivity contribution < 1.29 is 9.18 Å². The number of nitrogens with zero attached hydrogens (tertiary/aromatic N) is 2. The fourth-order valence-corrected chi connectivity index (χ4v) is 3.38. The highest BCUT2D eigenvalue weighted by Crippen LogP contribution is 2.30. The van der Waals surface area contributed by atoms with Crippen molar-refractivity contribution in [3.63, 3.8) is 0 Å². The molecule has 0 bridgehead atoms. The van der Waals surface area contributed by atoms with Crippen LogP contribution in [0.3, 0.4) is 0 Å². The Morgan fingerprint density at radius 2 is 1.96 bits per heavy atom. The van der Waals surface area contributed by atoms with Gasteiger partial charge in [-0.3, -0.25) is 4.79 Å². The van der Waals surface area contributed by atoms with Gasteiger partial charge in [-0.25, -0.2) is 9.07 Å². The minimum Gasteiger partial charge on any atom is -0.307 e. The van der Waals surface area contributed by atoms with Crippen molar-refractivity contribution in [3.05, 3.63) is 45.8 Å². The molecule has 0 radical (unpaired) electrons. The minimum absolute atomic E-state index is 0.0463. The first-order chi connectivity index (χ1) is 11.1. The molecule has 1 heterocycles. The van der Waals surface area contributed by atoms with Crippen molar-refractivity contribution in [2.45, 2.75) is 38.1 Å². The highest BCUT2D eigenvalue weighted by Gasteiger charge is 2.20. The molecule has 1 aliphatic carbocycles. The smallest absolute Gasteiger partial charge is 0.258 e. The summed E-state index contributed by atoms with van der Waals surface area (Å²) < 4.78 is 15.4. The van der Waals surface area contributed by atoms with Crippen molar-refractivity contribution in [1.82, 2.24) is 9.78 Å². The summed E-state index contributed by atoms with van der Waals surface area (Å²) >= 11 is 11.6. The number of amides is 1. The molecule has 122 valence electrons. The molecule has 23 heavy (non-hydrogen) atoms. The summed E-state index contributed by atoms with van der Waals surface area (Å²) in [4.78, 5) is 12.4. The van der Waals surface area contributed by atoms with Gasteiger partial charge in [0.2, 0.25) is 0 Å². The van der Waals surface area contributed by atoms with E-state index in [1.807, 2.05) is 4.68 Å². The van der Waals surface area contributed by atoms with Gasteiger partial charge < -0.3 is 5.32 Å². The predicted octanol–water partition coefficient (Wildman–Crippen LogP) is 5.09. The average molecular weight is 356 g/mol. The SMILES string of the molecule is O=C(Nc1ccnn1C1CCCCC1)c1cc(F)c(Cl)cc1Cl. The lowest BCUT2D eigenvalue weighted by atomic mass is 9.96. The predicted molar refractivity (Wildman–Crippen MR) is 88.7 cm³/mol. The summed E-state index contributed by atoms with van der Waals surface area (Å²) in [5.41, 5.74) is 0.0463. The quantitative estimate of drug-likeness (QED) is 0.779. The standard InChI is InChI=1S/C16H16Cl2FN3O/c17-12-9-13(18)14(19)8-11(12)16(23)21-15-6-7-20-22(15)10-4-2-1-3-5-10/h6-10H,1-5H2,(H,21,23). The summed E-state index contributed by atoms with van der Waals surface area (Å²) in [6, 6.07) is 4.28. The van der Waals surface area contributed by atoms with E-state index in [9.17, 15) is 9.18 Å². The van der Waals surface area contributed by atoms with E-state index < -0.39 is 11.7 Å².